The monoisotopic (exact) mass is 364 g/mol. The zero-order chi connectivity index (χ0) is 19.1. The van der Waals surface area contributed by atoms with Gasteiger partial charge in [-0.25, -0.2) is 0 Å². The summed E-state index contributed by atoms with van der Waals surface area (Å²) in [5, 5.41) is 9.83. The zero-order valence-corrected chi connectivity index (χ0v) is 15.6. The summed E-state index contributed by atoms with van der Waals surface area (Å²) >= 11 is 0. The number of hydrogen-bond acceptors (Lipinski definition) is 3. The van der Waals surface area contributed by atoms with Gasteiger partial charge in [0.2, 0.25) is 11.8 Å². The van der Waals surface area contributed by atoms with Gasteiger partial charge in [-0.3, -0.25) is 9.59 Å². The molecule has 4 rings (SSSR count). The largest absolute Gasteiger partial charge is 0.394 e. The third-order valence-electron chi connectivity index (χ3n) is 5.88. The van der Waals surface area contributed by atoms with E-state index in [1.165, 1.54) is 12.5 Å². The van der Waals surface area contributed by atoms with E-state index in [1.807, 2.05) is 0 Å². The average Bonchev–Trinajstić information content (AvgIpc) is 2.64. The highest BCUT2D eigenvalue weighted by molar-refractivity contribution is 5.87. The highest BCUT2D eigenvalue weighted by Gasteiger charge is 2.54. The van der Waals surface area contributed by atoms with Gasteiger partial charge in [0.15, 0.2) is 0 Å². The van der Waals surface area contributed by atoms with Crippen LogP contribution >= 0.6 is 0 Å². The maximum Gasteiger partial charge on any atom is 0.242 e. The van der Waals surface area contributed by atoms with Crippen molar-refractivity contribution >= 4 is 11.8 Å². The number of hydrogen-bond donors (Lipinski definition) is 1. The van der Waals surface area contributed by atoms with Gasteiger partial charge < -0.3 is 14.9 Å². The van der Waals surface area contributed by atoms with Crippen LogP contribution in [-0.4, -0.2) is 58.5 Å². The molecule has 2 heterocycles. The number of nitrogens with zero attached hydrogens (tertiary/aromatic N) is 2. The highest BCUT2D eigenvalue weighted by atomic mass is 16.3. The van der Waals surface area contributed by atoms with Crippen LogP contribution in [0.5, 0.6) is 0 Å². The van der Waals surface area contributed by atoms with E-state index in [-0.39, 0.29) is 43.0 Å². The lowest BCUT2D eigenvalue weighted by Gasteiger charge is -2.58. The lowest BCUT2D eigenvalue weighted by molar-refractivity contribution is -0.166. The fraction of sp³-hybridized carbons (Fsp3) is 0.364. The van der Waals surface area contributed by atoms with Gasteiger partial charge in [-0.15, -0.1) is 0 Å². The van der Waals surface area contributed by atoms with Crippen molar-refractivity contribution in [1.82, 2.24) is 9.80 Å². The molecule has 140 valence electrons. The first-order chi connectivity index (χ1) is 13.0. The van der Waals surface area contributed by atoms with E-state index in [4.69, 9.17) is 0 Å². The molecule has 0 aromatic heterocycles. The number of fused-ring (bicyclic) bond motifs is 1. The van der Waals surface area contributed by atoms with E-state index >= 15 is 0 Å². The van der Waals surface area contributed by atoms with Gasteiger partial charge in [0.05, 0.1) is 25.2 Å². The number of amides is 2. The second-order valence-corrected chi connectivity index (χ2v) is 7.53. The maximum atomic E-state index is 12.4. The molecule has 2 saturated heterocycles. The first-order valence-corrected chi connectivity index (χ1v) is 9.34. The molecule has 2 aromatic rings. The minimum Gasteiger partial charge on any atom is -0.394 e. The standard InChI is InChI=1S/C22H24N2O3/c1-14-3-5-16(6-4-14)17-7-9-18(10-8-17)22-19-11-23(15(2)26)12-21(27)24(19)20(22)13-25/h3-10,19-20,22,25H,11-13H2,1-2H3/t19-,20+,22+/m1/s1. The van der Waals surface area contributed by atoms with Crippen molar-refractivity contribution in [3.05, 3.63) is 59.7 Å². The first kappa shape index (κ1) is 17.7. The van der Waals surface area contributed by atoms with Crippen molar-refractivity contribution in [1.29, 1.82) is 0 Å². The van der Waals surface area contributed by atoms with Crippen molar-refractivity contribution in [2.24, 2.45) is 0 Å². The third-order valence-corrected chi connectivity index (χ3v) is 5.88. The molecule has 1 N–H and O–H groups in total. The molecule has 5 nitrogen and oxygen atoms in total. The predicted molar refractivity (Wildman–Crippen MR) is 103 cm³/mol. The van der Waals surface area contributed by atoms with Gasteiger partial charge in [0.25, 0.3) is 0 Å². The van der Waals surface area contributed by atoms with Gasteiger partial charge in [-0.2, -0.15) is 0 Å². The fourth-order valence-electron chi connectivity index (χ4n) is 4.38. The lowest BCUT2D eigenvalue weighted by atomic mass is 9.73. The van der Waals surface area contributed by atoms with Crippen LogP contribution in [0.1, 0.15) is 24.0 Å². The number of aliphatic hydroxyl groups excluding tert-OH is 1. The Labute approximate surface area is 159 Å². The van der Waals surface area contributed by atoms with Crippen molar-refractivity contribution in [2.75, 3.05) is 19.7 Å². The number of carbonyl (C=O) groups excluding carboxylic acids is 2. The fourth-order valence-corrected chi connectivity index (χ4v) is 4.38. The van der Waals surface area contributed by atoms with Crippen molar-refractivity contribution < 1.29 is 14.7 Å². The van der Waals surface area contributed by atoms with E-state index in [1.54, 1.807) is 9.80 Å². The number of aliphatic hydroxyl groups is 1. The second kappa shape index (κ2) is 6.82. The Hall–Kier alpha value is -2.66. The van der Waals surface area contributed by atoms with Crippen molar-refractivity contribution in [3.63, 3.8) is 0 Å². The van der Waals surface area contributed by atoms with Gasteiger partial charge in [-0.1, -0.05) is 54.1 Å². The minimum atomic E-state index is -0.207. The average molecular weight is 364 g/mol. The summed E-state index contributed by atoms with van der Waals surface area (Å²) in [6.07, 6.45) is 0. The van der Waals surface area contributed by atoms with Crippen molar-refractivity contribution in [3.8, 4) is 11.1 Å². The molecule has 0 saturated carbocycles. The van der Waals surface area contributed by atoms with Crippen LogP contribution in [0.3, 0.4) is 0 Å². The lowest BCUT2D eigenvalue weighted by Crippen LogP contribution is -2.73. The molecular formula is C22H24N2O3. The Balaban J connectivity index is 1.59. The van der Waals surface area contributed by atoms with Crippen LogP contribution in [0, 0.1) is 6.92 Å². The first-order valence-electron chi connectivity index (χ1n) is 9.34. The number of piperazine rings is 1. The Morgan fingerprint density at radius 2 is 1.67 bits per heavy atom. The smallest absolute Gasteiger partial charge is 0.242 e. The normalized spacial score (nSPS) is 24.4. The number of benzene rings is 2. The SMILES string of the molecule is CC(=O)N1CC(=O)N2[C@H](C1)[C@H](c1ccc(-c3ccc(C)cc3)cc1)[C@@H]2CO. The molecule has 0 bridgehead atoms. The summed E-state index contributed by atoms with van der Waals surface area (Å²) in [6.45, 7) is 4.15. The molecule has 27 heavy (non-hydrogen) atoms. The van der Waals surface area contributed by atoms with E-state index in [0.717, 1.165) is 16.7 Å². The van der Waals surface area contributed by atoms with E-state index in [2.05, 4.69) is 55.5 Å². The van der Waals surface area contributed by atoms with Crippen molar-refractivity contribution in [2.45, 2.75) is 31.8 Å². The summed E-state index contributed by atoms with van der Waals surface area (Å²) < 4.78 is 0. The Morgan fingerprint density at radius 3 is 2.22 bits per heavy atom. The number of rotatable bonds is 3. The zero-order valence-electron chi connectivity index (χ0n) is 15.6. The predicted octanol–water partition coefficient (Wildman–Crippen LogP) is 2.18. The molecule has 3 atom stereocenters. The summed E-state index contributed by atoms with van der Waals surface area (Å²) in [5.74, 6) is -0.106. The van der Waals surface area contributed by atoms with E-state index in [0.29, 0.717) is 6.54 Å². The molecular weight excluding hydrogens is 340 g/mol. The van der Waals surface area contributed by atoms with Gasteiger partial charge in [0, 0.05) is 19.4 Å². The van der Waals surface area contributed by atoms with Crippen LogP contribution in [-0.2, 0) is 9.59 Å². The van der Waals surface area contributed by atoms with Gasteiger partial charge >= 0.3 is 0 Å². The number of aryl methyl sites for hydroxylation is 1. The highest BCUT2D eigenvalue weighted by Crippen LogP contribution is 2.43. The van der Waals surface area contributed by atoms with Crippen LogP contribution < -0.4 is 0 Å². The van der Waals surface area contributed by atoms with Gasteiger partial charge in [-0.05, 0) is 23.6 Å². The molecule has 2 aromatic carbocycles. The molecule has 0 radical (unpaired) electrons. The third kappa shape index (κ3) is 3.02. The topological polar surface area (TPSA) is 60.9 Å². The van der Waals surface area contributed by atoms with Crippen LogP contribution in [0.2, 0.25) is 0 Å². The summed E-state index contributed by atoms with van der Waals surface area (Å²) in [4.78, 5) is 27.5. The quantitative estimate of drug-likeness (QED) is 0.908. The molecule has 2 aliphatic rings. The summed E-state index contributed by atoms with van der Waals surface area (Å²) in [6, 6.07) is 16.5. The summed E-state index contributed by atoms with van der Waals surface area (Å²) in [5.41, 5.74) is 4.63. The van der Waals surface area contributed by atoms with Crippen LogP contribution in [0.15, 0.2) is 48.5 Å². The molecule has 0 unspecified atom stereocenters. The van der Waals surface area contributed by atoms with E-state index < -0.39 is 0 Å². The molecule has 2 fully saturated rings. The maximum absolute atomic E-state index is 12.4. The molecule has 0 aliphatic carbocycles. The molecule has 5 heteroatoms. The molecule has 0 spiro atoms. The minimum absolute atomic E-state index is 0.0492. The Morgan fingerprint density at radius 1 is 1.07 bits per heavy atom. The Kier molecular flexibility index (Phi) is 4.48. The molecule has 2 amide bonds. The summed E-state index contributed by atoms with van der Waals surface area (Å²) in [7, 11) is 0. The second-order valence-electron chi connectivity index (χ2n) is 7.53. The number of carbonyl (C=O) groups is 2. The van der Waals surface area contributed by atoms with Crippen LogP contribution in [0.25, 0.3) is 11.1 Å². The van der Waals surface area contributed by atoms with Crippen LogP contribution in [0.4, 0.5) is 0 Å². The Bertz CT molecular complexity index is 860. The van der Waals surface area contributed by atoms with E-state index in [9.17, 15) is 14.7 Å². The molecule has 2 aliphatic heterocycles. The van der Waals surface area contributed by atoms with Gasteiger partial charge in [0.1, 0.15) is 0 Å².